The molecule has 2 aliphatic heterocycles. The van der Waals surface area contributed by atoms with Crippen molar-refractivity contribution in [2.75, 3.05) is 50.2 Å². The van der Waals surface area contributed by atoms with Gasteiger partial charge in [-0.3, -0.25) is 14.4 Å². The van der Waals surface area contributed by atoms with E-state index >= 15 is 0 Å². The number of hydrogen-bond donors (Lipinski definition) is 2. The van der Waals surface area contributed by atoms with E-state index in [0.29, 0.717) is 55.3 Å². The van der Waals surface area contributed by atoms with Crippen LogP contribution in [-0.2, 0) is 11.2 Å². The molecule has 39 heavy (non-hydrogen) atoms. The molecule has 0 aromatic heterocycles. The third kappa shape index (κ3) is 4.93. The number of phenols is 2. The van der Waals surface area contributed by atoms with Crippen molar-refractivity contribution < 1.29 is 34.1 Å². The Kier molecular flexibility index (Phi) is 7.02. The van der Waals surface area contributed by atoms with Crippen molar-refractivity contribution in [3.05, 3.63) is 71.3 Å². The van der Waals surface area contributed by atoms with Crippen LogP contribution in [0, 0.1) is 0 Å². The first kappa shape index (κ1) is 25.9. The number of aromatic hydroxyl groups is 2. The Bertz CT molecular complexity index is 1450. The number of carbonyl (C=O) groups is 3. The van der Waals surface area contributed by atoms with E-state index in [9.17, 15) is 24.6 Å². The van der Waals surface area contributed by atoms with Crippen LogP contribution in [0.15, 0.2) is 54.6 Å². The summed E-state index contributed by atoms with van der Waals surface area (Å²) in [6.45, 7) is 2.32. The Morgan fingerprint density at radius 2 is 1.54 bits per heavy atom. The molecule has 2 N–H and O–H groups in total. The van der Waals surface area contributed by atoms with Crippen LogP contribution >= 0.6 is 0 Å². The van der Waals surface area contributed by atoms with Gasteiger partial charge in [0.2, 0.25) is 5.91 Å². The highest BCUT2D eigenvalue weighted by molar-refractivity contribution is 6.23. The quantitative estimate of drug-likeness (QED) is 0.482. The molecule has 0 spiro atoms. The van der Waals surface area contributed by atoms with Crippen molar-refractivity contribution in [3.8, 4) is 23.0 Å². The van der Waals surface area contributed by atoms with E-state index in [1.807, 2.05) is 12.1 Å². The molecule has 0 aliphatic carbocycles. The molecule has 1 fully saturated rings. The first-order valence-corrected chi connectivity index (χ1v) is 12.6. The SMILES string of the molecule is COc1ccc(C(=O)N2CCN(c3ccc4c(c3)CCC(=O)N4C(=O)c3ccc(O)cc3O)CC2)cc1OC. The first-order valence-electron chi connectivity index (χ1n) is 12.6. The number of piperazine rings is 1. The number of benzene rings is 3. The van der Waals surface area contributed by atoms with Crippen LogP contribution in [-0.4, -0.2) is 73.2 Å². The van der Waals surface area contributed by atoms with Gasteiger partial charge in [0, 0.05) is 49.9 Å². The number of anilines is 2. The lowest BCUT2D eigenvalue weighted by Crippen LogP contribution is -2.49. The van der Waals surface area contributed by atoms with Crippen molar-refractivity contribution >= 4 is 29.1 Å². The summed E-state index contributed by atoms with van der Waals surface area (Å²) in [6, 6.07) is 14.4. The molecule has 0 atom stereocenters. The lowest BCUT2D eigenvalue weighted by Gasteiger charge is -2.37. The summed E-state index contributed by atoms with van der Waals surface area (Å²) >= 11 is 0. The third-order valence-electron chi connectivity index (χ3n) is 7.14. The molecule has 3 aromatic carbocycles. The van der Waals surface area contributed by atoms with Crippen molar-refractivity contribution in [2.24, 2.45) is 0 Å². The second kappa shape index (κ2) is 10.6. The maximum atomic E-state index is 13.2. The van der Waals surface area contributed by atoms with Crippen LogP contribution in [0.4, 0.5) is 11.4 Å². The van der Waals surface area contributed by atoms with E-state index in [1.54, 1.807) is 36.3 Å². The molecule has 0 bridgehead atoms. The summed E-state index contributed by atoms with van der Waals surface area (Å²) in [7, 11) is 3.08. The van der Waals surface area contributed by atoms with Crippen LogP contribution in [0.3, 0.4) is 0 Å². The molecule has 0 radical (unpaired) electrons. The number of hydrogen-bond acceptors (Lipinski definition) is 8. The zero-order chi connectivity index (χ0) is 27.7. The molecular weight excluding hydrogens is 502 g/mol. The lowest BCUT2D eigenvalue weighted by molar-refractivity contribution is -0.118. The van der Waals surface area contributed by atoms with Gasteiger partial charge < -0.3 is 29.5 Å². The number of phenolic OH excluding ortho intramolecular Hbond substituents is 2. The molecule has 10 heteroatoms. The van der Waals surface area contributed by atoms with Gasteiger partial charge in [-0.25, -0.2) is 4.90 Å². The molecule has 2 heterocycles. The number of aryl methyl sites for hydroxylation is 1. The monoisotopic (exact) mass is 531 g/mol. The van der Waals surface area contributed by atoms with E-state index in [2.05, 4.69) is 4.90 Å². The number of rotatable bonds is 5. The standard InChI is InChI=1S/C29H29N3O7/c1-38-25-9-3-19(16-26(25)39-2)28(36)31-13-11-30(12-14-31)20-5-8-23-18(15-20)4-10-27(35)32(23)29(37)22-7-6-21(33)17-24(22)34/h3,5-9,15-17,33-34H,4,10-14H2,1-2H3. The second-order valence-electron chi connectivity index (χ2n) is 9.40. The van der Waals surface area contributed by atoms with E-state index in [4.69, 9.17) is 9.47 Å². The number of methoxy groups -OCH3 is 2. The van der Waals surface area contributed by atoms with Crippen LogP contribution in [0.2, 0.25) is 0 Å². The highest BCUT2D eigenvalue weighted by atomic mass is 16.5. The average molecular weight is 532 g/mol. The van der Waals surface area contributed by atoms with E-state index in [1.165, 1.54) is 19.2 Å². The highest BCUT2D eigenvalue weighted by Gasteiger charge is 2.32. The molecular formula is C29H29N3O7. The minimum absolute atomic E-state index is 0.0617. The predicted octanol–water partition coefficient (Wildman–Crippen LogP) is 3.20. The van der Waals surface area contributed by atoms with E-state index in [-0.39, 0.29) is 29.5 Å². The molecule has 3 amide bonds. The highest BCUT2D eigenvalue weighted by Crippen LogP contribution is 2.35. The fraction of sp³-hybridized carbons (Fsp3) is 0.276. The summed E-state index contributed by atoms with van der Waals surface area (Å²) < 4.78 is 10.6. The van der Waals surface area contributed by atoms with Gasteiger partial charge in [0.15, 0.2) is 11.5 Å². The molecule has 3 aromatic rings. The fourth-order valence-corrected chi connectivity index (χ4v) is 5.04. The van der Waals surface area contributed by atoms with Gasteiger partial charge in [0.1, 0.15) is 11.5 Å². The van der Waals surface area contributed by atoms with Crippen molar-refractivity contribution in [2.45, 2.75) is 12.8 Å². The third-order valence-corrected chi connectivity index (χ3v) is 7.14. The summed E-state index contributed by atoms with van der Waals surface area (Å²) in [5, 5.41) is 19.7. The average Bonchev–Trinajstić information content (AvgIpc) is 2.96. The fourth-order valence-electron chi connectivity index (χ4n) is 5.04. The molecule has 2 aliphatic rings. The van der Waals surface area contributed by atoms with Gasteiger partial charge in [0.25, 0.3) is 11.8 Å². The Hall–Kier alpha value is -4.73. The lowest BCUT2D eigenvalue weighted by atomic mass is 9.98. The number of imide groups is 1. The van der Waals surface area contributed by atoms with E-state index in [0.717, 1.165) is 22.2 Å². The Labute approximate surface area is 225 Å². The van der Waals surface area contributed by atoms with Gasteiger partial charge in [-0.2, -0.15) is 0 Å². The molecule has 10 nitrogen and oxygen atoms in total. The number of nitrogens with zero attached hydrogens (tertiary/aromatic N) is 3. The zero-order valence-electron chi connectivity index (χ0n) is 21.7. The maximum Gasteiger partial charge on any atom is 0.268 e. The van der Waals surface area contributed by atoms with Crippen molar-refractivity contribution in [3.63, 3.8) is 0 Å². The molecule has 5 rings (SSSR count). The number of carbonyl (C=O) groups excluding carboxylic acids is 3. The second-order valence-corrected chi connectivity index (χ2v) is 9.40. The van der Waals surface area contributed by atoms with Gasteiger partial charge >= 0.3 is 0 Å². The summed E-state index contributed by atoms with van der Waals surface area (Å²) in [5.41, 5.74) is 2.75. The number of fused-ring (bicyclic) bond motifs is 1. The largest absolute Gasteiger partial charge is 0.508 e. The Morgan fingerprint density at radius 3 is 2.23 bits per heavy atom. The summed E-state index contributed by atoms with van der Waals surface area (Å²) in [5.74, 6) is -0.577. The van der Waals surface area contributed by atoms with Gasteiger partial charge in [-0.05, 0) is 60.5 Å². The summed E-state index contributed by atoms with van der Waals surface area (Å²) in [4.78, 5) is 44.1. The minimum Gasteiger partial charge on any atom is -0.508 e. The normalized spacial score (nSPS) is 15.1. The van der Waals surface area contributed by atoms with Crippen molar-refractivity contribution in [1.29, 1.82) is 0 Å². The van der Waals surface area contributed by atoms with Crippen LogP contribution in [0.25, 0.3) is 0 Å². The van der Waals surface area contributed by atoms with E-state index < -0.39 is 11.7 Å². The van der Waals surface area contributed by atoms with Crippen LogP contribution < -0.4 is 19.3 Å². The number of amides is 3. The predicted molar refractivity (Wildman–Crippen MR) is 144 cm³/mol. The van der Waals surface area contributed by atoms with Gasteiger partial charge in [-0.1, -0.05) is 0 Å². The molecule has 1 saturated heterocycles. The maximum absolute atomic E-state index is 13.2. The smallest absolute Gasteiger partial charge is 0.268 e. The minimum atomic E-state index is -0.645. The van der Waals surface area contributed by atoms with Crippen LogP contribution in [0.5, 0.6) is 23.0 Å². The van der Waals surface area contributed by atoms with Gasteiger partial charge in [-0.15, -0.1) is 0 Å². The first-order chi connectivity index (χ1) is 18.8. The summed E-state index contributed by atoms with van der Waals surface area (Å²) in [6.07, 6.45) is 0.653. The van der Waals surface area contributed by atoms with Crippen LogP contribution in [0.1, 0.15) is 32.7 Å². The number of ether oxygens (including phenoxy) is 2. The van der Waals surface area contributed by atoms with Gasteiger partial charge in [0.05, 0.1) is 25.5 Å². The Balaban J connectivity index is 1.30. The molecule has 202 valence electrons. The topological polar surface area (TPSA) is 120 Å². The molecule has 0 saturated carbocycles. The molecule has 0 unspecified atom stereocenters. The zero-order valence-corrected chi connectivity index (χ0v) is 21.7. The van der Waals surface area contributed by atoms with Crippen molar-refractivity contribution in [1.82, 2.24) is 4.90 Å². The Morgan fingerprint density at radius 1 is 0.795 bits per heavy atom.